The zero-order chi connectivity index (χ0) is 13.3. The molecule has 1 spiro atoms. The second-order valence-electron chi connectivity index (χ2n) is 4.46. The van der Waals surface area contributed by atoms with Gasteiger partial charge in [-0.05, 0) is 23.8 Å². The summed E-state index contributed by atoms with van der Waals surface area (Å²) < 4.78 is 22.0. The lowest BCUT2D eigenvalue weighted by molar-refractivity contribution is -0.209. The van der Waals surface area contributed by atoms with Crippen molar-refractivity contribution >= 4 is 11.6 Å². The zero-order valence-corrected chi connectivity index (χ0v) is 11.4. The zero-order valence-electron chi connectivity index (χ0n) is 10.6. The largest absolute Gasteiger partial charge is 0.497 e. The van der Waals surface area contributed by atoms with E-state index in [0.29, 0.717) is 24.9 Å². The molecular weight excluding hydrogens is 268 g/mol. The van der Waals surface area contributed by atoms with Gasteiger partial charge in [-0.2, -0.15) is 0 Å². The van der Waals surface area contributed by atoms with Crippen LogP contribution in [0, 0.1) is 0 Å². The number of ether oxygens (including phenoxy) is 4. The maximum Gasteiger partial charge on any atom is 0.236 e. The Hall–Kier alpha value is -1.07. The van der Waals surface area contributed by atoms with Gasteiger partial charge in [-0.25, -0.2) is 0 Å². The summed E-state index contributed by atoms with van der Waals surface area (Å²) >= 11 is 6.04. The molecule has 5 heteroatoms. The van der Waals surface area contributed by atoms with Gasteiger partial charge in [0.15, 0.2) is 0 Å². The Morgan fingerprint density at radius 1 is 1.26 bits per heavy atom. The van der Waals surface area contributed by atoms with Gasteiger partial charge in [0.25, 0.3) is 0 Å². The first kappa shape index (κ1) is 12.9. The highest BCUT2D eigenvalue weighted by molar-refractivity contribution is 6.31. The molecule has 4 nitrogen and oxygen atoms in total. The lowest BCUT2D eigenvalue weighted by Crippen LogP contribution is -2.51. The van der Waals surface area contributed by atoms with Crippen LogP contribution >= 0.6 is 11.6 Å². The summed E-state index contributed by atoms with van der Waals surface area (Å²) in [5.74, 6) is -0.0251. The molecule has 0 bridgehead atoms. The maximum atomic E-state index is 6.04. The van der Waals surface area contributed by atoms with Crippen molar-refractivity contribution in [2.75, 3.05) is 20.3 Å². The summed E-state index contributed by atoms with van der Waals surface area (Å²) in [5, 5.41) is 0.574. The van der Waals surface area contributed by atoms with Gasteiger partial charge in [0, 0.05) is 0 Å². The van der Waals surface area contributed by atoms with Gasteiger partial charge < -0.3 is 18.9 Å². The van der Waals surface area contributed by atoms with Gasteiger partial charge in [0.2, 0.25) is 5.79 Å². The second kappa shape index (κ2) is 5.13. The predicted molar refractivity (Wildman–Crippen MR) is 70.1 cm³/mol. The molecule has 1 unspecified atom stereocenters. The molecule has 1 aliphatic heterocycles. The van der Waals surface area contributed by atoms with Crippen molar-refractivity contribution in [3.8, 4) is 5.75 Å². The average molecular weight is 283 g/mol. The monoisotopic (exact) mass is 282 g/mol. The third kappa shape index (κ3) is 2.25. The van der Waals surface area contributed by atoms with Gasteiger partial charge in [-0.1, -0.05) is 23.7 Å². The third-order valence-electron chi connectivity index (χ3n) is 3.31. The molecule has 0 N–H and O–H groups in total. The summed E-state index contributed by atoms with van der Waals surface area (Å²) in [7, 11) is 1.64. The van der Waals surface area contributed by atoms with Crippen molar-refractivity contribution in [2.24, 2.45) is 0 Å². The normalized spacial score (nSPS) is 24.1. The third-order valence-corrected chi connectivity index (χ3v) is 3.70. The molecule has 1 heterocycles. The van der Waals surface area contributed by atoms with Crippen LogP contribution in [0.3, 0.4) is 0 Å². The number of hydrogen-bond donors (Lipinski definition) is 0. The molecule has 1 atom stereocenters. The summed E-state index contributed by atoms with van der Waals surface area (Å²) in [6, 6.07) is 7.74. The van der Waals surface area contributed by atoms with E-state index in [1.54, 1.807) is 7.11 Å². The molecule has 0 saturated carbocycles. The smallest absolute Gasteiger partial charge is 0.236 e. The van der Waals surface area contributed by atoms with E-state index >= 15 is 0 Å². The standard InChI is InChI=1S/C14H15ClO4/c1-16-11-4-2-10(3-5-11)9-17-13-8-12(15)14(13)18-6-7-19-14/h2-5,8,13H,6-7,9H2,1H3. The first-order chi connectivity index (χ1) is 9.24. The molecule has 0 amide bonds. The Kier molecular flexibility index (Phi) is 3.50. The fraction of sp³-hybridized carbons (Fsp3) is 0.429. The first-order valence-corrected chi connectivity index (χ1v) is 6.52. The highest BCUT2D eigenvalue weighted by Crippen LogP contribution is 2.44. The Morgan fingerprint density at radius 3 is 2.53 bits per heavy atom. The van der Waals surface area contributed by atoms with Gasteiger partial charge in [-0.15, -0.1) is 0 Å². The molecule has 19 heavy (non-hydrogen) atoms. The Bertz CT molecular complexity index is 477. The van der Waals surface area contributed by atoms with Crippen molar-refractivity contribution < 1.29 is 18.9 Å². The second-order valence-corrected chi connectivity index (χ2v) is 4.87. The number of rotatable bonds is 4. The molecule has 1 aromatic rings. The van der Waals surface area contributed by atoms with E-state index in [1.165, 1.54) is 0 Å². The van der Waals surface area contributed by atoms with Crippen LogP contribution in [0.25, 0.3) is 0 Å². The summed E-state index contributed by atoms with van der Waals surface area (Å²) in [6.07, 6.45) is 1.57. The highest BCUT2D eigenvalue weighted by atomic mass is 35.5. The van der Waals surface area contributed by atoms with E-state index in [4.69, 9.17) is 30.5 Å². The lowest BCUT2D eigenvalue weighted by atomic mass is 9.97. The van der Waals surface area contributed by atoms with Crippen LogP contribution in [0.15, 0.2) is 35.4 Å². The molecule has 0 aromatic heterocycles. The number of hydrogen-bond acceptors (Lipinski definition) is 4. The van der Waals surface area contributed by atoms with E-state index < -0.39 is 5.79 Å². The lowest BCUT2D eigenvalue weighted by Gasteiger charge is -2.40. The predicted octanol–water partition coefficient (Wildman–Crippen LogP) is 2.46. The van der Waals surface area contributed by atoms with E-state index in [9.17, 15) is 0 Å². The Labute approximate surface area is 116 Å². The number of methoxy groups -OCH3 is 1. The van der Waals surface area contributed by atoms with Crippen LogP contribution in [-0.4, -0.2) is 32.2 Å². The van der Waals surface area contributed by atoms with Crippen molar-refractivity contribution in [3.05, 3.63) is 40.9 Å². The van der Waals surface area contributed by atoms with E-state index in [1.807, 2.05) is 30.3 Å². The highest BCUT2D eigenvalue weighted by Gasteiger charge is 2.54. The summed E-state index contributed by atoms with van der Waals surface area (Å²) in [6.45, 7) is 1.57. The minimum Gasteiger partial charge on any atom is -0.497 e. The summed E-state index contributed by atoms with van der Waals surface area (Å²) in [4.78, 5) is 0. The molecule has 102 valence electrons. The van der Waals surface area contributed by atoms with E-state index in [-0.39, 0.29) is 6.10 Å². The number of halogens is 1. The Balaban J connectivity index is 1.60. The summed E-state index contributed by atoms with van der Waals surface area (Å²) in [5.41, 5.74) is 1.06. The van der Waals surface area contributed by atoms with Crippen molar-refractivity contribution in [2.45, 2.75) is 18.5 Å². The van der Waals surface area contributed by atoms with Crippen LogP contribution in [-0.2, 0) is 20.8 Å². The van der Waals surface area contributed by atoms with Crippen molar-refractivity contribution in [1.29, 1.82) is 0 Å². The molecule has 1 fully saturated rings. The maximum absolute atomic E-state index is 6.04. The van der Waals surface area contributed by atoms with Crippen LogP contribution in [0.1, 0.15) is 5.56 Å². The quantitative estimate of drug-likeness (QED) is 0.850. The molecule has 1 saturated heterocycles. The average Bonchev–Trinajstić information content (AvgIpc) is 2.96. The van der Waals surface area contributed by atoms with E-state index in [2.05, 4.69) is 0 Å². The van der Waals surface area contributed by atoms with Gasteiger partial charge in [0.05, 0.1) is 32.0 Å². The number of benzene rings is 1. The van der Waals surface area contributed by atoms with Crippen molar-refractivity contribution in [3.63, 3.8) is 0 Å². The molecular formula is C14H15ClO4. The van der Waals surface area contributed by atoms with Gasteiger partial charge in [0.1, 0.15) is 11.9 Å². The fourth-order valence-electron chi connectivity index (χ4n) is 2.19. The first-order valence-electron chi connectivity index (χ1n) is 6.15. The minimum absolute atomic E-state index is 0.246. The molecule has 1 aliphatic carbocycles. The van der Waals surface area contributed by atoms with Crippen molar-refractivity contribution in [1.82, 2.24) is 0 Å². The Morgan fingerprint density at radius 2 is 1.95 bits per heavy atom. The fourth-order valence-corrected chi connectivity index (χ4v) is 2.53. The van der Waals surface area contributed by atoms with Crippen LogP contribution in [0.5, 0.6) is 5.75 Å². The minimum atomic E-state index is -0.853. The molecule has 1 aromatic carbocycles. The van der Waals surface area contributed by atoms with Gasteiger partial charge >= 0.3 is 0 Å². The van der Waals surface area contributed by atoms with Crippen LogP contribution in [0.4, 0.5) is 0 Å². The van der Waals surface area contributed by atoms with E-state index in [0.717, 1.165) is 11.3 Å². The molecule has 0 radical (unpaired) electrons. The SMILES string of the molecule is COc1ccc(COC2C=C(Cl)C23OCCO3)cc1. The molecule has 2 aliphatic rings. The van der Waals surface area contributed by atoms with Gasteiger partial charge in [-0.3, -0.25) is 0 Å². The molecule has 3 rings (SSSR count). The van der Waals surface area contributed by atoms with Crippen LogP contribution < -0.4 is 4.74 Å². The topological polar surface area (TPSA) is 36.9 Å². The van der Waals surface area contributed by atoms with Crippen LogP contribution in [0.2, 0.25) is 0 Å².